The molecule has 4 N–H and O–H groups in total. The fourth-order valence-corrected chi connectivity index (χ4v) is 3.10. The normalized spacial score (nSPS) is 11.4. The van der Waals surface area contributed by atoms with E-state index in [4.69, 9.17) is 5.73 Å². The summed E-state index contributed by atoms with van der Waals surface area (Å²) in [5.41, 5.74) is 8.42. The van der Waals surface area contributed by atoms with Gasteiger partial charge in [0.05, 0.1) is 5.69 Å². The van der Waals surface area contributed by atoms with Crippen molar-refractivity contribution in [1.29, 1.82) is 0 Å². The molecule has 0 bridgehead atoms. The Morgan fingerprint density at radius 1 is 1.14 bits per heavy atom. The Morgan fingerprint density at radius 3 is 2.48 bits per heavy atom. The van der Waals surface area contributed by atoms with E-state index >= 15 is 0 Å². The van der Waals surface area contributed by atoms with E-state index in [2.05, 4.69) is 26.0 Å². The molecule has 2 aromatic carbocycles. The van der Waals surface area contributed by atoms with Gasteiger partial charge in [-0.25, -0.2) is 13.1 Å². The van der Waals surface area contributed by atoms with E-state index < -0.39 is 10.0 Å². The lowest BCUT2D eigenvalue weighted by molar-refractivity contribution is 0.588. The molecule has 0 amide bonds. The molecule has 2 aromatic rings. The maximum absolute atomic E-state index is 12.1. The van der Waals surface area contributed by atoms with Gasteiger partial charge in [-0.15, -0.1) is 0 Å². The fraction of sp³-hybridized carbons (Fsp3) is 0.143. The van der Waals surface area contributed by atoms with E-state index in [-0.39, 0.29) is 4.90 Å². The average Bonchev–Trinajstić information content (AvgIpc) is 2.44. The van der Waals surface area contributed by atoms with Gasteiger partial charge in [-0.05, 0) is 49.9 Å². The molecule has 0 radical (unpaired) electrons. The number of hydrogen-bond donors (Lipinski definition) is 3. The van der Waals surface area contributed by atoms with Gasteiger partial charge in [0, 0.05) is 15.8 Å². The summed E-state index contributed by atoms with van der Waals surface area (Å²) in [5, 5.41) is 3.10. The van der Waals surface area contributed by atoms with Crippen LogP contribution in [0, 0.1) is 6.92 Å². The van der Waals surface area contributed by atoms with Crippen molar-refractivity contribution in [3.05, 3.63) is 46.4 Å². The van der Waals surface area contributed by atoms with Gasteiger partial charge >= 0.3 is 0 Å². The first-order valence-corrected chi connectivity index (χ1v) is 8.47. The summed E-state index contributed by atoms with van der Waals surface area (Å²) in [7, 11) is -2.23. The molecule has 0 heterocycles. The second-order valence-corrected chi connectivity index (χ2v) is 7.26. The summed E-state index contributed by atoms with van der Waals surface area (Å²) in [5.74, 6) is 0. The Morgan fingerprint density at radius 2 is 1.86 bits per heavy atom. The van der Waals surface area contributed by atoms with Gasteiger partial charge in [-0.1, -0.05) is 22.0 Å². The van der Waals surface area contributed by atoms with Gasteiger partial charge in [0.2, 0.25) is 10.0 Å². The van der Waals surface area contributed by atoms with Crippen LogP contribution in [0.1, 0.15) is 5.56 Å². The third-order valence-electron chi connectivity index (χ3n) is 3.01. The minimum atomic E-state index is -3.59. The van der Waals surface area contributed by atoms with Gasteiger partial charge in [0.15, 0.2) is 0 Å². The van der Waals surface area contributed by atoms with Crippen LogP contribution in [0.4, 0.5) is 17.1 Å². The van der Waals surface area contributed by atoms with Crippen molar-refractivity contribution in [2.24, 2.45) is 0 Å². The van der Waals surface area contributed by atoms with Crippen molar-refractivity contribution < 1.29 is 8.42 Å². The van der Waals surface area contributed by atoms with Crippen molar-refractivity contribution in [3.8, 4) is 0 Å². The number of sulfonamides is 1. The number of hydrogen-bond acceptors (Lipinski definition) is 4. The number of nitrogens with one attached hydrogen (secondary N) is 2. The van der Waals surface area contributed by atoms with E-state index in [0.717, 1.165) is 15.7 Å². The van der Waals surface area contributed by atoms with Crippen LogP contribution < -0.4 is 15.8 Å². The maximum Gasteiger partial charge on any atom is 0.242 e. The zero-order valence-electron chi connectivity index (χ0n) is 11.6. The van der Waals surface area contributed by atoms with Crippen LogP contribution in [0.15, 0.2) is 45.8 Å². The Balaban J connectivity index is 2.47. The van der Waals surface area contributed by atoms with E-state index in [1.165, 1.54) is 13.1 Å². The van der Waals surface area contributed by atoms with E-state index in [1.54, 1.807) is 12.1 Å². The maximum atomic E-state index is 12.1. The first-order chi connectivity index (χ1) is 9.83. The Kier molecular flexibility index (Phi) is 4.55. The molecule has 0 saturated heterocycles. The van der Waals surface area contributed by atoms with Crippen molar-refractivity contribution in [3.63, 3.8) is 0 Å². The Bertz CT molecular complexity index is 776. The lowest BCUT2D eigenvalue weighted by Crippen LogP contribution is -2.20. The molecule has 0 aliphatic heterocycles. The standard InChI is InChI=1S/C14H16BrN3O2S/c1-9-3-5-11(8-12(9)15)18-13-6-4-10(16)7-14(13)21(19,20)17-2/h3-8,17-18H,16H2,1-2H3. The smallest absolute Gasteiger partial charge is 0.242 e. The molecule has 0 aromatic heterocycles. The van der Waals surface area contributed by atoms with Gasteiger partial charge < -0.3 is 11.1 Å². The van der Waals surface area contributed by atoms with Crippen LogP contribution in [-0.2, 0) is 10.0 Å². The summed E-state index contributed by atoms with van der Waals surface area (Å²) in [6.07, 6.45) is 0. The summed E-state index contributed by atoms with van der Waals surface area (Å²) >= 11 is 3.45. The Labute approximate surface area is 132 Å². The molecular weight excluding hydrogens is 354 g/mol. The molecule has 2 rings (SSSR count). The summed E-state index contributed by atoms with van der Waals surface area (Å²) < 4.78 is 27.4. The van der Waals surface area contributed by atoms with Gasteiger partial charge in [-0.3, -0.25) is 0 Å². The molecule has 21 heavy (non-hydrogen) atoms. The second kappa shape index (κ2) is 6.05. The highest BCUT2D eigenvalue weighted by Gasteiger charge is 2.17. The van der Waals surface area contributed by atoms with Crippen LogP contribution in [-0.4, -0.2) is 15.5 Å². The number of aryl methyl sites for hydroxylation is 1. The van der Waals surface area contributed by atoms with Gasteiger partial charge in [0.1, 0.15) is 4.90 Å². The third kappa shape index (κ3) is 3.55. The molecule has 112 valence electrons. The van der Waals surface area contributed by atoms with Crippen molar-refractivity contribution in [1.82, 2.24) is 4.72 Å². The monoisotopic (exact) mass is 369 g/mol. The highest BCUT2D eigenvalue weighted by molar-refractivity contribution is 9.10. The van der Waals surface area contributed by atoms with E-state index in [9.17, 15) is 8.42 Å². The molecular formula is C14H16BrN3O2S. The van der Waals surface area contributed by atoms with E-state index in [1.807, 2.05) is 25.1 Å². The third-order valence-corrected chi connectivity index (χ3v) is 5.32. The highest BCUT2D eigenvalue weighted by atomic mass is 79.9. The average molecular weight is 370 g/mol. The zero-order valence-corrected chi connectivity index (χ0v) is 14.0. The SMILES string of the molecule is CNS(=O)(=O)c1cc(N)ccc1Nc1ccc(C)c(Br)c1. The predicted molar refractivity (Wildman–Crippen MR) is 89.3 cm³/mol. The molecule has 0 unspecified atom stereocenters. The molecule has 7 heteroatoms. The number of halogens is 1. The van der Waals surface area contributed by atoms with E-state index in [0.29, 0.717) is 11.4 Å². The van der Waals surface area contributed by atoms with Crippen LogP contribution in [0.5, 0.6) is 0 Å². The van der Waals surface area contributed by atoms with Gasteiger partial charge in [-0.2, -0.15) is 0 Å². The van der Waals surface area contributed by atoms with Crippen LogP contribution in [0.3, 0.4) is 0 Å². The quantitative estimate of drug-likeness (QED) is 0.723. The van der Waals surface area contributed by atoms with Crippen LogP contribution in [0.2, 0.25) is 0 Å². The lowest BCUT2D eigenvalue weighted by Gasteiger charge is -2.13. The summed E-state index contributed by atoms with van der Waals surface area (Å²) in [6.45, 7) is 1.98. The molecule has 5 nitrogen and oxygen atoms in total. The lowest BCUT2D eigenvalue weighted by atomic mass is 10.2. The fourth-order valence-electron chi connectivity index (χ4n) is 1.80. The number of rotatable bonds is 4. The van der Waals surface area contributed by atoms with Gasteiger partial charge in [0.25, 0.3) is 0 Å². The molecule has 0 fully saturated rings. The molecule has 0 spiro atoms. The minimum Gasteiger partial charge on any atom is -0.399 e. The van der Waals surface area contributed by atoms with Crippen molar-refractivity contribution in [2.45, 2.75) is 11.8 Å². The first kappa shape index (κ1) is 15.8. The first-order valence-electron chi connectivity index (χ1n) is 6.20. The topological polar surface area (TPSA) is 84.2 Å². The van der Waals surface area contributed by atoms with Crippen LogP contribution in [0.25, 0.3) is 0 Å². The number of anilines is 3. The highest BCUT2D eigenvalue weighted by Crippen LogP contribution is 2.29. The summed E-state index contributed by atoms with van der Waals surface area (Å²) in [4.78, 5) is 0.113. The van der Waals surface area contributed by atoms with Crippen molar-refractivity contribution >= 4 is 43.0 Å². The molecule has 0 saturated carbocycles. The molecule has 0 aliphatic carbocycles. The Hall–Kier alpha value is -1.57. The number of benzene rings is 2. The predicted octanol–water partition coefficient (Wildman–Crippen LogP) is 2.99. The summed E-state index contributed by atoms with van der Waals surface area (Å²) in [6, 6.07) is 10.4. The minimum absolute atomic E-state index is 0.113. The molecule has 0 atom stereocenters. The zero-order chi connectivity index (χ0) is 15.6. The second-order valence-electron chi connectivity index (χ2n) is 4.55. The number of nitrogen functional groups attached to an aromatic ring is 1. The molecule has 0 aliphatic rings. The van der Waals surface area contributed by atoms with Crippen molar-refractivity contribution in [2.75, 3.05) is 18.1 Å². The number of nitrogens with two attached hydrogens (primary N) is 1. The largest absolute Gasteiger partial charge is 0.399 e. The van der Waals surface area contributed by atoms with Crippen LogP contribution >= 0.6 is 15.9 Å².